The molecule has 0 aromatic heterocycles. The van der Waals surface area contributed by atoms with Crippen LogP contribution in [0.1, 0.15) is 25.0 Å². The van der Waals surface area contributed by atoms with Crippen LogP contribution >= 0.6 is 35.0 Å². The van der Waals surface area contributed by atoms with Crippen LogP contribution in [-0.2, 0) is 21.9 Å². The number of ether oxygens (including phenoxy) is 1. The number of hydrogen-bond acceptors (Lipinski definition) is 4. The van der Waals surface area contributed by atoms with Crippen LogP contribution in [0.5, 0.6) is 5.75 Å². The van der Waals surface area contributed by atoms with E-state index in [1.165, 1.54) is 11.8 Å². The van der Waals surface area contributed by atoms with Crippen molar-refractivity contribution in [2.45, 2.75) is 32.2 Å². The smallest absolute Gasteiger partial charge is 0.242 e. The molecule has 0 aliphatic heterocycles. The third kappa shape index (κ3) is 7.11. The molecule has 0 heterocycles. The molecule has 0 aliphatic rings. The van der Waals surface area contributed by atoms with Crippen LogP contribution in [0.25, 0.3) is 0 Å². The van der Waals surface area contributed by atoms with E-state index >= 15 is 0 Å². The Labute approximate surface area is 192 Å². The van der Waals surface area contributed by atoms with E-state index in [0.29, 0.717) is 34.6 Å². The van der Waals surface area contributed by atoms with Crippen LogP contribution in [0.15, 0.2) is 42.5 Å². The highest BCUT2D eigenvalue weighted by Crippen LogP contribution is 2.25. The normalized spacial score (nSPS) is 11.6. The Morgan fingerprint density at radius 2 is 1.90 bits per heavy atom. The number of methoxy groups -OCH3 is 1. The third-order valence-electron chi connectivity index (χ3n) is 4.48. The lowest BCUT2D eigenvalue weighted by molar-refractivity contribution is -0.138. The van der Waals surface area contributed by atoms with Crippen molar-refractivity contribution in [2.24, 2.45) is 0 Å². The van der Waals surface area contributed by atoms with Crippen LogP contribution < -0.4 is 10.1 Å². The van der Waals surface area contributed by atoms with Gasteiger partial charge in [0.2, 0.25) is 11.8 Å². The average Bonchev–Trinajstić information content (AvgIpc) is 2.74. The number of thioether (sulfide) groups is 1. The molecule has 2 rings (SSSR count). The number of rotatable bonds is 10. The predicted octanol–water partition coefficient (Wildman–Crippen LogP) is 4.79. The second-order valence-corrected chi connectivity index (χ2v) is 8.48. The summed E-state index contributed by atoms with van der Waals surface area (Å²) < 4.78 is 5.27. The van der Waals surface area contributed by atoms with Gasteiger partial charge in [0.15, 0.2) is 0 Å². The molecule has 0 bridgehead atoms. The van der Waals surface area contributed by atoms with Gasteiger partial charge >= 0.3 is 0 Å². The Morgan fingerprint density at radius 3 is 2.57 bits per heavy atom. The van der Waals surface area contributed by atoms with E-state index in [1.807, 2.05) is 37.3 Å². The zero-order chi connectivity index (χ0) is 22.1. The molecule has 5 nitrogen and oxygen atoms in total. The van der Waals surface area contributed by atoms with Crippen molar-refractivity contribution in [2.75, 3.05) is 19.4 Å². The second-order valence-electron chi connectivity index (χ2n) is 6.68. The number of hydrogen-bond donors (Lipinski definition) is 1. The zero-order valence-corrected chi connectivity index (χ0v) is 19.6. The minimum Gasteiger partial charge on any atom is -0.497 e. The van der Waals surface area contributed by atoms with Crippen molar-refractivity contribution in [1.82, 2.24) is 10.2 Å². The molecule has 2 aromatic rings. The summed E-state index contributed by atoms with van der Waals surface area (Å²) in [5.74, 6) is 1.28. The lowest BCUT2D eigenvalue weighted by atomic mass is 10.1. The van der Waals surface area contributed by atoms with E-state index in [0.717, 1.165) is 11.1 Å². The minimum atomic E-state index is -0.589. The maximum Gasteiger partial charge on any atom is 0.242 e. The van der Waals surface area contributed by atoms with Gasteiger partial charge < -0.3 is 15.0 Å². The van der Waals surface area contributed by atoms with E-state index < -0.39 is 6.04 Å². The fourth-order valence-electron chi connectivity index (χ4n) is 2.84. The molecular formula is C22H26Cl2N2O3S. The summed E-state index contributed by atoms with van der Waals surface area (Å²) in [6.45, 7) is 4.43. The standard InChI is InChI=1S/C22H26Cl2N2O3S/c1-4-25-22(28)15(2)26(12-16-6-5-7-18(10-16)29-3)21(27)14-30-13-17-8-9-19(23)20(24)11-17/h5-11,15H,4,12-14H2,1-3H3,(H,25,28). The molecule has 2 aromatic carbocycles. The number of nitrogens with one attached hydrogen (secondary N) is 1. The van der Waals surface area contributed by atoms with Gasteiger partial charge in [-0.2, -0.15) is 0 Å². The molecule has 0 saturated heterocycles. The molecule has 1 N–H and O–H groups in total. The molecule has 0 spiro atoms. The number of amides is 2. The zero-order valence-electron chi connectivity index (χ0n) is 17.3. The molecule has 0 aliphatic carbocycles. The summed E-state index contributed by atoms with van der Waals surface area (Å²) >= 11 is 13.5. The molecular weight excluding hydrogens is 443 g/mol. The molecule has 0 fully saturated rings. The SMILES string of the molecule is CCNC(=O)C(C)N(Cc1cccc(OC)c1)C(=O)CSCc1ccc(Cl)c(Cl)c1. The summed E-state index contributed by atoms with van der Waals surface area (Å²) in [6, 6.07) is 12.3. The van der Waals surface area contributed by atoms with Crippen molar-refractivity contribution in [1.29, 1.82) is 0 Å². The van der Waals surface area contributed by atoms with Crippen molar-refractivity contribution in [3.63, 3.8) is 0 Å². The first-order valence-electron chi connectivity index (χ1n) is 9.57. The predicted molar refractivity (Wildman–Crippen MR) is 124 cm³/mol. The molecule has 0 saturated carbocycles. The van der Waals surface area contributed by atoms with E-state index in [2.05, 4.69) is 5.32 Å². The molecule has 1 atom stereocenters. The Bertz CT molecular complexity index is 879. The van der Waals surface area contributed by atoms with E-state index in [-0.39, 0.29) is 17.6 Å². The van der Waals surface area contributed by atoms with Gasteiger partial charge in [-0.05, 0) is 49.2 Å². The van der Waals surface area contributed by atoms with Crippen LogP contribution in [-0.4, -0.2) is 42.2 Å². The second kappa shape index (κ2) is 12.1. The Morgan fingerprint density at radius 1 is 1.13 bits per heavy atom. The third-order valence-corrected chi connectivity index (χ3v) is 6.21. The number of carbonyl (C=O) groups excluding carboxylic acids is 2. The number of halogens is 2. The summed E-state index contributed by atoms with van der Waals surface area (Å²) in [7, 11) is 1.60. The summed E-state index contributed by atoms with van der Waals surface area (Å²) in [6.07, 6.45) is 0. The van der Waals surface area contributed by atoms with Crippen molar-refractivity contribution >= 4 is 46.8 Å². The van der Waals surface area contributed by atoms with Gasteiger partial charge in [-0.15, -0.1) is 11.8 Å². The fourth-order valence-corrected chi connectivity index (χ4v) is 4.02. The first kappa shape index (κ1) is 24.4. The number of benzene rings is 2. The Hall–Kier alpha value is -1.89. The first-order valence-corrected chi connectivity index (χ1v) is 11.5. The van der Waals surface area contributed by atoms with Gasteiger partial charge in [0.05, 0.1) is 22.9 Å². The van der Waals surface area contributed by atoms with E-state index in [4.69, 9.17) is 27.9 Å². The lowest BCUT2D eigenvalue weighted by Crippen LogP contribution is -2.48. The van der Waals surface area contributed by atoms with Crippen LogP contribution in [0.4, 0.5) is 0 Å². The topological polar surface area (TPSA) is 58.6 Å². The van der Waals surface area contributed by atoms with Gasteiger partial charge in [-0.3, -0.25) is 9.59 Å². The quantitative estimate of drug-likeness (QED) is 0.544. The average molecular weight is 469 g/mol. The molecule has 8 heteroatoms. The van der Waals surface area contributed by atoms with Gasteiger partial charge in [-0.1, -0.05) is 41.4 Å². The molecule has 162 valence electrons. The highest BCUT2D eigenvalue weighted by molar-refractivity contribution is 7.99. The molecule has 1 unspecified atom stereocenters. The van der Waals surface area contributed by atoms with Gasteiger partial charge in [0.25, 0.3) is 0 Å². The maximum absolute atomic E-state index is 13.0. The summed E-state index contributed by atoms with van der Waals surface area (Å²) in [4.78, 5) is 27.0. The highest BCUT2D eigenvalue weighted by Gasteiger charge is 2.25. The van der Waals surface area contributed by atoms with E-state index in [1.54, 1.807) is 31.1 Å². The van der Waals surface area contributed by atoms with Gasteiger partial charge in [0.1, 0.15) is 11.8 Å². The maximum atomic E-state index is 13.0. The van der Waals surface area contributed by atoms with Crippen LogP contribution in [0, 0.1) is 0 Å². The van der Waals surface area contributed by atoms with E-state index in [9.17, 15) is 9.59 Å². The first-order chi connectivity index (χ1) is 14.3. The van der Waals surface area contributed by atoms with Crippen molar-refractivity contribution in [3.8, 4) is 5.75 Å². The lowest BCUT2D eigenvalue weighted by Gasteiger charge is -2.28. The van der Waals surface area contributed by atoms with Crippen LogP contribution in [0.2, 0.25) is 10.0 Å². The van der Waals surface area contributed by atoms with Gasteiger partial charge in [0, 0.05) is 18.8 Å². The van der Waals surface area contributed by atoms with Crippen molar-refractivity contribution in [3.05, 3.63) is 63.6 Å². The number of carbonyl (C=O) groups is 2. The minimum absolute atomic E-state index is 0.110. The van der Waals surface area contributed by atoms with Crippen LogP contribution in [0.3, 0.4) is 0 Å². The number of nitrogens with zero attached hydrogens (tertiary/aromatic N) is 1. The molecule has 2 amide bonds. The monoisotopic (exact) mass is 468 g/mol. The fraction of sp³-hybridized carbons (Fsp3) is 0.364. The van der Waals surface area contributed by atoms with Gasteiger partial charge in [-0.25, -0.2) is 0 Å². The summed E-state index contributed by atoms with van der Waals surface area (Å²) in [5, 5.41) is 3.78. The summed E-state index contributed by atoms with van der Waals surface area (Å²) in [5.41, 5.74) is 1.88. The molecule has 0 radical (unpaired) electrons. The number of likely N-dealkylation sites (N-methyl/N-ethyl adjacent to an activating group) is 1. The molecule has 30 heavy (non-hydrogen) atoms. The highest BCUT2D eigenvalue weighted by atomic mass is 35.5. The Kier molecular flexibility index (Phi) is 9.82. The Balaban J connectivity index is 2.08. The largest absolute Gasteiger partial charge is 0.497 e. The van der Waals surface area contributed by atoms with Crippen molar-refractivity contribution < 1.29 is 14.3 Å².